The lowest BCUT2D eigenvalue weighted by molar-refractivity contribution is 0.935. The molecule has 3 nitrogen and oxygen atoms in total. The maximum atomic E-state index is 5.49. The van der Waals surface area contributed by atoms with Crippen molar-refractivity contribution in [3.63, 3.8) is 0 Å². The molecule has 2 aromatic heterocycles. The Morgan fingerprint density at radius 3 is 2.69 bits per heavy atom. The summed E-state index contributed by atoms with van der Waals surface area (Å²) in [5.74, 6) is 0. The number of imidazole rings is 1. The Bertz CT molecular complexity index is 470. The molecular weight excluding hydrogens is 313 g/mol. The van der Waals surface area contributed by atoms with Gasteiger partial charge in [0.25, 0.3) is 0 Å². The summed E-state index contributed by atoms with van der Waals surface area (Å²) in [4.78, 5) is 4.47. The maximum absolute atomic E-state index is 5.49. The number of nitrogens with zero attached hydrogens (tertiary/aromatic N) is 2. The Hall–Kier alpha value is -0.290. The fourth-order valence-electron chi connectivity index (χ4n) is 1.48. The van der Waals surface area contributed by atoms with Crippen LogP contribution in [0.15, 0.2) is 22.8 Å². The molecule has 0 aliphatic heterocycles. The quantitative estimate of drug-likeness (QED) is 0.922. The van der Waals surface area contributed by atoms with Crippen LogP contribution in [0.25, 0.3) is 5.65 Å². The first-order valence-corrected chi connectivity index (χ1v) is 5.35. The normalized spacial score (nSPS) is 9.69. The highest BCUT2D eigenvalue weighted by Crippen LogP contribution is 2.18. The van der Waals surface area contributed by atoms with Gasteiger partial charge in [-0.3, -0.25) is 0 Å². The van der Waals surface area contributed by atoms with E-state index in [1.807, 2.05) is 18.3 Å². The van der Waals surface area contributed by atoms with E-state index in [1.54, 1.807) is 0 Å². The van der Waals surface area contributed by atoms with E-state index in [1.165, 1.54) is 5.69 Å². The van der Waals surface area contributed by atoms with Crippen LogP contribution in [0.3, 0.4) is 0 Å². The summed E-state index contributed by atoms with van der Waals surface area (Å²) in [7, 11) is 0. The van der Waals surface area contributed by atoms with E-state index in [-0.39, 0.29) is 24.8 Å². The zero-order valence-electron chi connectivity index (χ0n) is 8.81. The van der Waals surface area contributed by atoms with Crippen LogP contribution in [0, 0.1) is 6.92 Å². The van der Waals surface area contributed by atoms with Gasteiger partial charge in [0.05, 0.1) is 5.69 Å². The van der Waals surface area contributed by atoms with Gasteiger partial charge in [-0.25, -0.2) is 4.98 Å². The van der Waals surface area contributed by atoms with Gasteiger partial charge in [0.1, 0.15) is 5.65 Å². The van der Waals surface area contributed by atoms with E-state index >= 15 is 0 Å². The molecule has 0 saturated heterocycles. The second-order valence-corrected chi connectivity index (χ2v) is 4.12. The molecule has 16 heavy (non-hydrogen) atoms. The van der Waals surface area contributed by atoms with Crippen molar-refractivity contribution in [3.05, 3.63) is 34.2 Å². The standard InChI is InChI=1S/C10H12BrN3.2ClH/c1-7-9(11)2-3-10-13-8(4-5-12)6-14(7)10;;/h2-3,6H,4-5,12H2,1H3;2*1H. The summed E-state index contributed by atoms with van der Waals surface area (Å²) < 4.78 is 3.18. The van der Waals surface area contributed by atoms with E-state index < -0.39 is 0 Å². The van der Waals surface area contributed by atoms with Crippen LogP contribution in [0.2, 0.25) is 0 Å². The predicted molar refractivity (Wildman–Crippen MR) is 74.9 cm³/mol. The molecule has 0 atom stereocenters. The number of hydrogen-bond acceptors (Lipinski definition) is 2. The molecule has 0 aromatic carbocycles. The van der Waals surface area contributed by atoms with Crippen LogP contribution in [0.1, 0.15) is 11.4 Å². The Kier molecular flexibility index (Phi) is 6.33. The fraction of sp³-hybridized carbons (Fsp3) is 0.300. The van der Waals surface area contributed by atoms with Crippen LogP contribution in [0.5, 0.6) is 0 Å². The van der Waals surface area contributed by atoms with Gasteiger partial charge in [-0.15, -0.1) is 24.8 Å². The van der Waals surface area contributed by atoms with Crippen LogP contribution in [0.4, 0.5) is 0 Å². The third-order valence-corrected chi connectivity index (χ3v) is 3.11. The molecule has 2 aromatic rings. The summed E-state index contributed by atoms with van der Waals surface area (Å²) in [6.07, 6.45) is 2.88. The highest BCUT2D eigenvalue weighted by Gasteiger charge is 2.04. The lowest BCUT2D eigenvalue weighted by atomic mass is 10.3. The van der Waals surface area contributed by atoms with E-state index in [4.69, 9.17) is 5.73 Å². The van der Waals surface area contributed by atoms with Gasteiger partial charge in [-0.05, 0) is 41.5 Å². The maximum Gasteiger partial charge on any atom is 0.137 e. The number of halogens is 3. The summed E-state index contributed by atoms with van der Waals surface area (Å²) >= 11 is 3.49. The lowest BCUT2D eigenvalue weighted by Crippen LogP contribution is -2.02. The minimum absolute atomic E-state index is 0. The van der Waals surface area contributed by atoms with Crippen molar-refractivity contribution in [2.45, 2.75) is 13.3 Å². The molecule has 0 unspecified atom stereocenters. The summed E-state index contributed by atoms with van der Waals surface area (Å²) in [5.41, 5.74) is 8.69. The third-order valence-electron chi connectivity index (χ3n) is 2.27. The van der Waals surface area contributed by atoms with Crippen LogP contribution in [-0.2, 0) is 6.42 Å². The summed E-state index contributed by atoms with van der Waals surface area (Å²) in [5, 5.41) is 0. The van der Waals surface area contributed by atoms with Gasteiger partial charge < -0.3 is 10.1 Å². The van der Waals surface area contributed by atoms with Crippen molar-refractivity contribution in [1.29, 1.82) is 0 Å². The van der Waals surface area contributed by atoms with Gasteiger partial charge in [-0.1, -0.05) is 0 Å². The number of aryl methyl sites for hydroxylation is 1. The van der Waals surface area contributed by atoms with Crippen LogP contribution < -0.4 is 5.73 Å². The largest absolute Gasteiger partial charge is 0.330 e. The summed E-state index contributed by atoms with van der Waals surface area (Å²) in [6, 6.07) is 4.01. The van der Waals surface area contributed by atoms with Crippen molar-refractivity contribution >= 4 is 46.4 Å². The van der Waals surface area contributed by atoms with E-state index in [0.717, 1.165) is 22.2 Å². The molecule has 90 valence electrons. The van der Waals surface area contributed by atoms with E-state index in [9.17, 15) is 0 Å². The van der Waals surface area contributed by atoms with E-state index in [0.29, 0.717) is 6.54 Å². The SMILES string of the molecule is Cc1c(Br)ccc2nc(CCN)cn12.Cl.Cl. The number of aromatic nitrogens is 2. The first-order valence-electron chi connectivity index (χ1n) is 4.55. The second-order valence-electron chi connectivity index (χ2n) is 3.27. The van der Waals surface area contributed by atoms with Crippen molar-refractivity contribution < 1.29 is 0 Å². The van der Waals surface area contributed by atoms with Gasteiger partial charge in [0, 0.05) is 22.8 Å². The minimum atomic E-state index is 0. The molecule has 0 saturated carbocycles. The minimum Gasteiger partial charge on any atom is -0.330 e. The zero-order valence-corrected chi connectivity index (χ0v) is 12.0. The monoisotopic (exact) mass is 325 g/mol. The highest BCUT2D eigenvalue weighted by molar-refractivity contribution is 9.10. The molecule has 0 spiro atoms. The molecule has 0 aliphatic carbocycles. The zero-order chi connectivity index (χ0) is 10.1. The molecule has 0 fully saturated rings. The number of pyridine rings is 1. The molecule has 0 bridgehead atoms. The molecule has 0 amide bonds. The average molecular weight is 327 g/mol. The smallest absolute Gasteiger partial charge is 0.137 e. The number of nitrogens with two attached hydrogens (primary N) is 1. The van der Waals surface area contributed by atoms with Crippen molar-refractivity contribution in [3.8, 4) is 0 Å². The predicted octanol–water partition coefficient (Wildman–Crippen LogP) is 2.75. The van der Waals surface area contributed by atoms with E-state index in [2.05, 4.69) is 32.2 Å². The van der Waals surface area contributed by atoms with Gasteiger partial charge in [0.15, 0.2) is 0 Å². The molecule has 6 heteroatoms. The first kappa shape index (κ1) is 15.7. The molecule has 2 rings (SSSR count). The van der Waals surface area contributed by atoms with Crippen molar-refractivity contribution in [2.24, 2.45) is 5.73 Å². The number of hydrogen-bond donors (Lipinski definition) is 1. The molecular formula is C10H14BrCl2N3. The summed E-state index contributed by atoms with van der Waals surface area (Å²) in [6.45, 7) is 2.70. The first-order chi connectivity index (χ1) is 6.72. The fourth-order valence-corrected chi connectivity index (χ4v) is 1.81. The molecule has 0 aliphatic rings. The van der Waals surface area contributed by atoms with Crippen LogP contribution in [-0.4, -0.2) is 15.9 Å². The van der Waals surface area contributed by atoms with Crippen molar-refractivity contribution in [1.82, 2.24) is 9.38 Å². The molecule has 2 heterocycles. The Labute approximate surface area is 115 Å². The lowest BCUT2D eigenvalue weighted by Gasteiger charge is -2.00. The Morgan fingerprint density at radius 2 is 2.06 bits per heavy atom. The van der Waals surface area contributed by atoms with Gasteiger partial charge >= 0.3 is 0 Å². The molecule has 2 N–H and O–H groups in total. The third kappa shape index (κ3) is 2.88. The highest BCUT2D eigenvalue weighted by atomic mass is 79.9. The Balaban J connectivity index is 0.00000112. The van der Waals surface area contributed by atoms with Crippen molar-refractivity contribution in [2.75, 3.05) is 6.54 Å². The average Bonchev–Trinajstić information content (AvgIpc) is 2.56. The number of rotatable bonds is 2. The van der Waals surface area contributed by atoms with Gasteiger partial charge in [0.2, 0.25) is 0 Å². The Morgan fingerprint density at radius 1 is 1.38 bits per heavy atom. The topological polar surface area (TPSA) is 43.3 Å². The number of fused-ring (bicyclic) bond motifs is 1. The van der Waals surface area contributed by atoms with Crippen LogP contribution >= 0.6 is 40.7 Å². The van der Waals surface area contributed by atoms with Gasteiger partial charge in [-0.2, -0.15) is 0 Å². The molecule has 0 radical (unpaired) electrons. The second kappa shape index (κ2) is 6.45.